The maximum absolute atomic E-state index is 13.6. The highest BCUT2D eigenvalue weighted by Crippen LogP contribution is 2.19. The van der Waals surface area contributed by atoms with Crippen LogP contribution in [-0.2, 0) is 14.8 Å². The van der Waals surface area contributed by atoms with Crippen LogP contribution in [0.25, 0.3) is 6.08 Å². The van der Waals surface area contributed by atoms with E-state index >= 15 is 0 Å². The van der Waals surface area contributed by atoms with Crippen molar-refractivity contribution >= 4 is 22.1 Å². The van der Waals surface area contributed by atoms with E-state index in [-0.39, 0.29) is 5.56 Å². The van der Waals surface area contributed by atoms with Gasteiger partial charge in [0, 0.05) is 20.2 Å². The molecule has 7 heteroatoms. The lowest BCUT2D eigenvalue weighted by Crippen LogP contribution is -2.23. The Hall–Kier alpha value is -1.73. The minimum Gasteiger partial charge on any atom is -0.478 e. The molecule has 0 amide bonds. The van der Waals surface area contributed by atoms with Crippen LogP contribution in [0.5, 0.6) is 0 Å². The summed E-state index contributed by atoms with van der Waals surface area (Å²) in [5.41, 5.74) is 0.271. The van der Waals surface area contributed by atoms with Crippen molar-refractivity contribution in [3.05, 3.63) is 35.7 Å². The number of halogens is 1. The molecule has 0 saturated carbocycles. The first kappa shape index (κ1) is 14.3. The number of sulfonamides is 1. The number of aliphatic carboxylic acids is 1. The van der Waals surface area contributed by atoms with Crippen LogP contribution in [-0.4, -0.2) is 37.9 Å². The van der Waals surface area contributed by atoms with Gasteiger partial charge in [0.25, 0.3) is 0 Å². The van der Waals surface area contributed by atoms with Gasteiger partial charge in [-0.1, -0.05) is 6.07 Å². The van der Waals surface area contributed by atoms with Crippen molar-refractivity contribution in [1.82, 2.24) is 4.31 Å². The molecular formula is C11H12FNO4S. The molecule has 98 valence electrons. The Labute approximate surface area is 104 Å². The van der Waals surface area contributed by atoms with Gasteiger partial charge in [0.15, 0.2) is 0 Å². The Morgan fingerprint density at radius 2 is 2.00 bits per heavy atom. The van der Waals surface area contributed by atoms with Gasteiger partial charge in [0.05, 0.1) is 0 Å². The molecule has 0 spiro atoms. The van der Waals surface area contributed by atoms with Crippen LogP contribution in [0.1, 0.15) is 5.56 Å². The van der Waals surface area contributed by atoms with Crippen LogP contribution in [0.2, 0.25) is 0 Å². The van der Waals surface area contributed by atoms with Gasteiger partial charge in [-0.2, -0.15) is 0 Å². The molecule has 0 aliphatic carbocycles. The SMILES string of the molecule is CN(C)S(=O)(=O)c1ccc(/C=C/C(=O)O)cc1F. The summed E-state index contributed by atoms with van der Waals surface area (Å²) in [5, 5.41) is 8.42. The van der Waals surface area contributed by atoms with Crippen molar-refractivity contribution in [3.63, 3.8) is 0 Å². The third-order valence-electron chi connectivity index (χ3n) is 2.13. The Bertz CT molecular complexity index is 593. The highest BCUT2D eigenvalue weighted by atomic mass is 32.2. The van der Waals surface area contributed by atoms with Crippen LogP contribution in [0.3, 0.4) is 0 Å². The minimum absolute atomic E-state index is 0.271. The zero-order valence-corrected chi connectivity index (χ0v) is 10.6. The maximum Gasteiger partial charge on any atom is 0.328 e. The number of hydrogen-bond acceptors (Lipinski definition) is 3. The van der Waals surface area contributed by atoms with Gasteiger partial charge >= 0.3 is 5.97 Å². The zero-order valence-electron chi connectivity index (χ0n) is 9.79. The maximum atomic E-state index is 13.6. The number of hydrogen-bond donors (Lipinski definition) is 1. The predicted octanol–water partition coefficient (Wildman–Crippen LogP) is 1.17. The number of benzene rings is 1. The standard InChI is InChI=1S/C11H12FNO4S/c1-13(2)18(16,17)10-5-3-8(7-9(10)12)4-6-11(14)15/h3-7H,1-2H3,(H,14,15)/b6-4+. The molecule has 0 saturated heterocycles. The lowest BCUT2D eigenvalue weighted by atomic mass is 10.2. The third kappa shape index (κ3) is 3.14. The second-order valence-corrected chi connectivity index (χ2v) is 5.77. The molecule has 0 unspecified atom stereocenters. The Kier molecular flexibility index (Phi) is 4.20. The van der Waals surface area contributed by atoms with Gasteiger partial charge in [-0.25, -0.2) is 21.9 Å². The molecule has 1 rings (SSSR count). The average molecular weight is 273 g/mol. The van der Waals surface area contributed by atoms with E-state index in [1.165, 1.54) is 26.2 Å². The topological polar surface area (TPSA) is 74.7 Å². The van der Waals surface area contributed by atoms with E-state index in [0.29, 0.717) is 0 Å². The molecule has 0 heterocycles. The molecule has 1 aromatic carbocycles. The van der Waals surface area contributed by atoms with Crippen molar-refractivity contribution in [1.29, 1.82) is 0 Å². The fourth-order valence-corrected chi connectivity index (χ4v) is 2.13. The predicted molar refractivity (Wildman–Crippen MR) is 63.9 cm³/mol. The van der Waals surface area contributed by atoms with Gasteiger partial charge in [0.1, 0.15) is 10.7 Å². The van der Waals surface area contributed by atoms with E-state index in [1.54, 1.807) is 0 Å². The Morgan fingerprint density at radius 3 is 2.44 bits per heavy atom. The van der Waals surface area contributed by atoms with Crippen molar-refractivity contribution in [2.24, 2.45) is 0 Å². The fourth-order valence-electron chi connectivity index (χ4n) is 1.19. The van der Waals surface area contributed by atoms with Crippen LogP contribution < -0.4 is 0 Å². The molecule has 0 radical (unpaired) electrons. The van der Waals surface area contributed by atoms with E-state index < -0.39 is 26.7 Å². The lowest BCUT2D eigenvalue weighted by Gasteiger charge is -2.12. The number of rotatable bonds is 4. The van der Waals surface area contributed by atoms with Gasteiger partial charge < -0.3 is 5.11 Å². The summed E-state index contributed by atoms with van der Waals surface area (Å²) in [5.74, 6) is -2.09. The summed E-state index contributed by atoms with van der Waals surface area (Å²) in [7, 11) is -1.24. The normalized spacial score (nSPS) is 12.2. The van der Waals surface area contributed by atoms with E-state index in [2.05, 4.69) is 0 Å². The number of nitrogens with zero attached hydrogens (tertiary/aromatic N) is 1. The van der Waals surface area contributed by atoms with E-state index in [1.807, 2.05) is 0 Å². The minimum atomic E-state index is -3.84. The third-order valence-corrected chi connectivity index (χ3v) is 3.98. The molecule has 1 aromatic rings. The first-order valence-corrected chi connectivity index (χ1v) is 6.32. The number of carboxylic acid groups (broad SMARTS) is 1. The number of carbonyl (C=O) groups is 1. The van der Waals surface area contributed by atoms with Gasteiger partial charge in [-0.15, -0.1) is 0 Å². The monoisotopic (exact) mass is 273 g/mol. The average Bonchev–Trinajstić information content (AvgIpc) is 2.25. The largest absolute Gasteiger partial charge is 0.478 e. The van der Waals surface area contributed by atoms with Crippen LogP contribution in [0.15, 0.2) is 29.2 Å². The van der Waals surface area contributed by atoms with Crippen molar-refractivity contribution in [3.8, 4) is 0 Å². The Morgan fingerprint density at radius 1 is 1.39 bits per heavy atom. The molecule has 0 fully saturated rings. The molecule has 1 N–H and O–H groups in total. The lowest BCUT2D eigenvalue weighted by molar-refractivity contribution is -0.131. The highest BCUT2D eigenvalue weighted by Gasteiger charge is 2.21. The van der Waals surface area contributed by atoms with Gasteiger partial charge in [-0.05, 0) is 23.8 Å². The quantitative estimate of drug-likeness (QED) is 0.836. The molecule has 5 nitrogen and oxygen atoms in total. The van der Waals surface area contributed by atoms with Crippen molar-refractivity contribution in [2.75, 3.05) is 14.1 Å². The van der Waals surface area contributed by atoms with Crippen molar-refractivity contribution < 1.29 is 22.7 Å². The van der Waals surface area contributed by atoms with E-state index in [0.717, 1.165) is 22.5 Å². The zero-order chi connectivity index (χ0) is 13.9. The second kappa shape index (κ2) is 5.28. The van der Waals surface area contributed by atoms with Crippen LogP contribution >= 0.6 is 0 Å². The molecule has 0 bridgehead atoms. The first-order chi connectivity index (χ1) is 8.25. The summed E-state index contributed by atoms with van der Waals surface area (Å²) in [4.78, 5) is 9.85. The second-order valence-electron chi connectivity index (χ2n) is 3.65. The fraction of sp³-hybridized carbons (Fsp3) is 0.182. The van der Waals surface area contributed by atoms with Crippen LogP contribution in [0, 0.1) is 5.82 Å². The molecule has 18 heavy (non-hydrogen) atoms. The molecule has 0 aromatic heterocycles. The highest BCUT2D eigenvalue weighted by molar-refractivity contribution is 7.89. The van der Waals surface area contributed by atoms with Gasteiger partial charge in [-0.3, -0.25) is 0 Å². The van der Waals surface area contributed by atoms with E-state index in [9.17, 15) is 17.6 Å². The van der Waals surface area contributed by atoms with Gasteiger partial charge in [0.2, 0.25) is 10.0 Å². The summed E-state index contributed by atoms with van der Waals surface area (Å²) in [6, 6.07) is 3.40. The summed E-state index contributed by atoms with van der Waals surface area (Å²) in [6.07, 6.45) is 2.02. The van der Waals surface area contributed by atoms with Crippen LogP contribution in [0.4, 0.5) is 4.39 Å². The molecule has 0 aliphatic heterocycles. The first-order valence-electron chi connectivity index (χ1n) is 4.88. The smallest absolute Gasteiger partial charge is 0.328 e. The molecule has 0 aliphatic rings. The molecular weight excluding hydrogens is 261 g/mol. The number of carboxylic acids is 1. The van der Waals surface area contributed by atoms with Crippen molar-refractivity contribution in [2.45, 2.75) is 4.90 Å². The summed E-state index contributed by atoms with van der Waals surface area (Å²) >= 11 is 0. The van der Waals surface area contributed by atoms with E-state index in [4.69, 9.17) is 5.11 Å². The molecule has 0 atom stereocenters. The summed E-state index contributed by atoms with van der Waals surface area (Å²) in [6.45, 7) is 0. The summed E-state index contributed by atoms with van der Waals surface area (Å²) < 4.78 is 38.0. The Balaban J connectivity index is 3.19.